The van der Waals surface area contributed by atoms with Crippen molar-refractivity contribution in [3.05, 3.63) is 0 Å². The van der Waals surface area contributed by atoms with Crippen molar-refractivity contribution in [1.82, 2.24) is 4.90 Å². The van der Waals surface area contributed by atoms with Crippen LogP contribution in [0.2, 0.25) is 0 Å². The molecular weight excluding hydrogens is 250 g/mol. The Morgan fingerprint density at radius 1 is 1.15 bits per heavy atom. The van der Waals surface area contributed by atoms with Crippen LogP contribution in [0.1, 0.15) is 58.3 Å². The molecule has 0 aromatic carbocycles. The number of rotatable bonds is 1. The molecule has 5 atom stereocenters. The van der Waals surface area contributed by atoms with Gasteiger partial charge in [0.2, 0.25) is 0 Å². The van der Waals surface area contributed by atoms with E-state index in [-0.39, 0.29) is 11.7 Å². The average molecular weight is 275 g/mol. The first kappa shape index (κ1) is 11.9. The van der Waals surface area contributed by atoms with E-state index in [2.05, 4.69) is 6.92 Å². The molecule has 6 aliphatic rings. The number of hydrogen-bond acceptors (Lipinski definition) is 2. The maximum absolute atomic E-state index is 12.6. The van der Waals surface area contributed by atoms with Crippen LogP contribution in [0.25, 0.3) is 0 Å². The molecule has 3 nitrogen and oxygen atoms in total. The molecule has 1 heterocycles. The van der Waals surface area contributed by atoms with Crippen LogP contribution in [0, 0.1) is 22.7 Å². The molecular formula is C17H25NO2. The van der Waals surface area contributed by atoms with E-state index < -0.39 is 0 Å². The van der Waals surface area contributed by atoms with Crippen LogP contribution < -0.4 is 0 Å². The fourth-order valence-corrected chi connectivity index (χ4v) is 6.90. The zero-order valence-electron chi connectivity index (χ0n) is 12.5. The molecule has 5 saturated carbocycles. The van der Waals surface area contributed by atoms with Crippen molar-refractivity contribution in [2.45, 2.75) is 63.9 Å². The van der Waals surface area contributed by atoms with Gasteiger partial charge in [0.05, 0.1) is 0 Å². The molecule has 20 heavy (non-hydrogen) atoms. The summed E-state index contributed by atoms with van der Waals surface area (Å²) in [5, 5.41) is 0. The topological polar surface area (TPSA) is 29.5 Å². The summed E-state index contributed by atoms with van der Waals surface area (Å²) < 4.78 is 6.23. The summed E-state index contributed by atoms with van der Waals surface area (Å²) in [4.78, 5) is 14.5. The van der Waals surface area contributed by atoms with Crippen molar-refractivity contribution in [2.75, 3.05) is 13.1 Å². The maximum atomic E-state index is 12.6. The Bertz CT molecular complexity index is 485. The molecule has 1 aliphatic heterocycles. The highest BCUT2D eigenvalue weighted by Gasteiger charge is 2.87. The summed E-state index contributed by atoms with van der Waals surface area (Å²) in [5.41, 5.74) is 0.838. The SMILES string of the molecule is CC1(OC(=O)N2CCCCC2)C2CC3CC4(C2)CC41C3. The van der Waals surface area contributed by atoms with Crippen molar-refractivity contribution < 1.29 is 9.53 Å². The van der Waals surface area contributed by atoms with Crippen LogP contribution in [0.5, 0.6) is 0 Å². The van der Waals surface area contributed by atoms with Gasteiger partial charge in [-0.25, -0.2) is 4.79 Å². The average Bonchev–Trinajstić information content (AvgIpc) is 2.93. The number of hydrogen-bond donors (Lipinski definition) is 0. The van der Waals surface area contributed by atoms with Gasteiger partial charge in [-0.2, -0.15) is 0 Å². The number of amides is 1. The van der Waals surface area contributed by atoms with Crippen molar-refractivity contribution in [3.8, 4) is 0 Å². The minimum atomic E-state index is -0.144. The van der Waals surface area contributed by atoms with Crippen molar-refractivity contribution in [1.29, 1.82) is 0 Å². The minimum Gasteiger partial charge on any atom is -0.442 e. The fraction of sp³-hybridized carbons (Fsp3) is 0.941. The van der Waals surface area contributed by atoms with E-state index in [9.17, 15) is 4.79 Å². The standard InChI is InChI=1S/C17H25NO2/c1-15(20-14(19)18-5-3-2-4-6-18)13-7-12-8-16(10-13)11-17(15,16)9-12/h12-13H,2-11H2,1H3. The second-order valence-electron chi connectivity index (χ2n) is 8.47. The lowest BCUT2D eigenvalue weighted by molar-refractivity contribution is -0.0975. The predicted molar refractivity (Wildman–Crippen MR) is 75.2 cm³/mol. The predicted octanol–water partition coefficient (Wildman–Crippen LogP) is 3.58. The zero-order chi connectivity index (χ0) is 13.6. The van der Waals surface area contributed by atoms with Crippen LogP contribution in [0.15, 0.2) is 0 Å². The smallest absolute Gasteiger partial charge is 0.410 e. The second kappa shape index (κ2) is 3.36. The molecule has 5 unspecified atom stereocenters. The molecule has 0 aromatic heterocycles. The molecule has 6 rings (SSSR count). The molecule has 3 heteroatoms. The first-order valence-electron chi connectivity index (χ1n) is 8.57. The summed E-state index contributed by atoms with van der Waals surface area (Å²) in [7, 11) is 0. The number of piperidine rings is 1. The van der Waals surface area contributed by atoms with Crippen LogP contribution in [0.3, 0.4) is 0 Å². The summed E-state index contributed by atoms with van der Waals surface area (Å²) >= 11 is 0. The summed E-state index contributed by atoms with van der Waals surface area (Å²) in [6.07, 6.45) is 10.3. The van der Waals surface area contributed by atoms with Gasteiger partial charge >= 0.3 is 6.09 Å². The highest BCUT2D eigenvalue weighted by Crippen LogP contribution is 2.90. The molecule has 6 fully saturated rings. The normalized spacial score (nSPS) is 55.0. The molecule has 0 N–H and O–H groups in total. The Balaban J connectivity index is 1.40. The molecule has 1 saturated heterocycles. The Kier molecular flexibility index (Phi) is 2.00. The number of carbonyl (C=O) groups excluding carboxylic acids is 1. The van der Waals surface area contributed by atoms with E-state index in [1.54, 1.807) is 0 Å². The monoisotopic (exact) mass is 275 g/mol. The van der Waals surface area contributed by atoms with Crippen molar-refractivity contribution in [3.63, 3.8) is 0 Å². The number of ether oxygens (including phenoxy) is 1. The summed E-state index contributed by atoms with van der Waals surface area (Å²) in [6, 6.07) is 0. The molecule has 1 amide bonds. The summed E-state index contributed by atoms with van der Waals surface area (Å²) in [5.74, 6) is 1.60. The van der Waals surface area contributed by atoms with E-state index in [1.807, 2.05) is 4.90 Å². The third-order valence-electron chi connectivity index (χ3n) is 7.74. The van der Waals surface area contributed by atoms with Gasteiger partial charge in [0.1, 0.15) is 5.60 Å². The van der Waals surface area contributed by atoms with Gasteiger partial charge in [-0.3, -0.25) is 0 Å². The van der Waals surface area contributed by atoms with Crippen molar-refractivity contribution in [2.24, 2.45) is 22.7 Å². The molecule has 0 aromatic rings. The Hall–Kier alpha value is -0.730. The molecule has 0 radical (unpaired) electrons. The molecule has 2 spiro atoms. The van der Waals surface area contributed by atoms with Gasteiger partial charge in [-0.05, 0) is 75.5 Å². The van der Waals surface area contributed by atoms with Gasteiger partial charge in [0.25, 0.3) is 0 Å². The fourth-order valence-electron chi connectivity index (χ4n) is 6.90. The van der Waals surface area contributed by atoms with E-state index in [1.165, 1.54) is 38.5 Å². The van der Waals surface area contributed by atoms with Crippen LogP contribution in [-0.2, 0) is 4.74 Å². The lowest BCUT2D eigenvalue weighted by atomic mass is 9.66. The molecule has 5 aliphatic carbocycles. The van der Waals surface area contributed by atoms with Gasteiger partial charge in [-0.15, -0.1) is 0 Å². The van der Waals surface area contributed by atoms with Gasteiger partial charge in [0.15, 0.2) is 0 Å². The van der Waals surface area contributed by atoms with E-state index >= 15 is 0 Å². The van der Waals surface area contributed by atoms with E-state index in [0.717, 1.165) is 31.8 Å². The lowest BCUT2D eigenvalue weighted by Crippen LogP contribution is -2.51. The lowest BCUT2D eigenvalue weighted by Gasteiger charge is -2.46. The Morgan fingerprint density at radius 3 is 2.70 bits per heavy atom. The Labute approximate surface area is 121 Å². The van der Waals surface area contributed by atoms with E-state index in [0.29, 0.717) is 16.7 Å². The quantitative estimate of drug-likeness (QED) is 0.732. The largest absolute Gasteiger partial charge is 0.442 e. The number of carbonyl (C=O) groups is 1. The van der Waals surface area contributed by atoms with Gasteiger partial charge < -0.3 is 9.64 Å². The molecule has 4 bridgehead atoms. The number of nitrogens with zero attached hydrogens (tertiary/aromatic N) is 1. The first-order chi connectivity index (χ1) is 9.59. The number of likely N-dealkylation sites (tertiary alicyclic amines) is 1. The third-order valence-corrected chi connectivity index (χ3v) is 7.74. The van der Waals surface area contributed by atoms with Crippen LogP contribution in [-0.4, -0.2) is 29.7 Å². The first-order valence-corrected chi connectivity index (χ1v) is 8.57. The third kappa shape index (κ3) is 1.14. The highest BCUT2D eigenvalue weighted by molar-refractivity contribution is 5.69. The van der Waals surface area contributed by atoms with Crippen molar-refractivity contribution >= 4 is 6.09 Å². The van der Waals surface area contributed by atoms with Crippen LogP contribution in [0.4, 0.5) is 4.79 Å². The second-order valence-corrected chi connectivity index (χ2v) is 8.47. The zero-order valence-corrected chi connectivity index (χ0v) is 12.5. The maximum Gasteiger partial charge on any atom is 0.410 e. The van der Waals surface area contributed by atoms with Gasteiger partial charge in [-0.1, -0.05) is 0 Å². The summed E-state index contributed by atoms with van der Waals surface area (Å²) in [6.45, 7) is 4.08. The molecule has 110 valence electrons. The minimum absolute atomic E-state index is 0.0142. The van der Waals surface area contributed by atoms with E-state index in [4.69, 9.17) is 4.74 Å². The Morgan fingerprint density at radius 2 is 1.95 bits per heavy atom. The van der Waals surface area contributed by atoms with Gasteiger partial charge in [0, 0.05) is 18.5 Å². The van der Waals surface area contributed by atoms with Crippen LogP contribution >= 0.6 is 0 Å². The highest BCUT2D eigenvalue weighted by atomic mass is 16.6.